The summed E-state index contributed by atoms with van der Waals surface area (Å²) in [6.45, 7) is 13.3. The Morgan fingerprint density at radius 3 is 2.70 bits per heavy atom. The average Bonchev–Trinajstić information content (AvgIpc) is 2.59. The van der Waals surface area contributed by atoms with Crippen molar-refractivity contribution in [2.24, 2.45) is 5.41 Å². The molecule has 1 atom stereocenters. The molecule has 0 bridgehead atoms. The molecule has 1 spiro atoms. The first-order chi connectivity index (χ1) is 12.8. The van der Waals surface area contributed by atoms with Crippen LogP contribution in [0.5, 0.6) is 0 Å². The topological polar surface area (TPSA) is 36.0 Å². The van der Waals surface area contributed by atoms with Gasteiger partial charge >= 0.3 is 0 Å². The van der Waals surface area contributed by atoms with E-state index >= 15 is 0 Å². The summed E-state index contributed by atoms with van der Waals surface area (Å²) in [6.07, 6.45) is 0. The minimum atomic E-state index is -0.443. The van der Waals surface area contributed by atoms with Crippen LogP contribution in [0.3, 0.4) is 0 Å². The molecule has 5 nitrogen and oxygen atoms in total. The number of benzene rings is 1. The number of ether oxygens (including phenoxy) is 1. The summed E-state index contributed by atoms with van der Waals surface area (Å²) in [7, 11) is 0. The molecule has 0 saturated carbocycles. The van der Waals surface area contributed by atoms with Crippen molar-refractivity contribution in [3.05, 3.63) is 35.6 Å². The number of amides is 1. The van der Waals surface area contributed by atoms with Gasteiger partial charge in [-0.05, 0) is 17.5 Å². The predicted molar refractivity (Wildman–Crippen MR) is 102 cm³/mol. The van der Waals surface area contributed by atoms with Crippen LogP contribution in [0.1, 0.15) is 31.1 Å². The number of likely N-dealkylation sites (tertiary alicyclic amines) is 1. The van der Waals surface area contributed by atoms with E-state index in [0.29, 0.717) is 19.7 Å². The van der Waals surface area contributed by atoms with Crippen molar-refractivity contribution >= 4 is 5.91 Å². The van der Waals surface area contributed by atoms with Crippen molar-refractivity contribution in [1.29, 1.82) is 0 Å². The Balaban J connectivity index is 1.54. The molecule has 0 N–H and O–H groups in total. The summed E-state index contributed by atoms with van der Waals surface area (Å²) in [5, 5.41) is 0. The fourth-order valence-corrected chi connectivity index (χ4v) is 5.01. The van der Waals surface area contributed by atoms with Gasteiger partial charge in [0.15, 0.2) is 0 Å². The maximum atomic E-state index is 14.2. The molecule has 3 aliphatic rings. The molecule has 3 fully saturated rings. The molecule has 0 radical (unpaired) electrons. The van der Waals surface area contributed by atoms with Crippen molar-refractivity contribution in [2.75, 3.05) is 52.5 Å². The maximum Gasteiger partial charge on any atom is 0.256 e. The quantitative estimate of drug-likeness (QED) is 0.793. The SMILES string of the molecule is CC(C)(C)CN1CC2(C1)CN(C(=O)c1ccccc1F)CC1COCCN12. The van der Waals surface area contributed by atoms with Gasteiger partial charge in [-0.3, -0.25) is 14.6 Å². The number of hydrogen-bond donors (Lipinski definition) is 0. The van der Waals surface area contributed by atoms with E-state index in [-0.39, 0.29) is 28.5 Å². The standard InChI is InChI=1S/C21H30FN3O2/c1-20(2,3)12-23-13-21(14-23)15-24(10-16-11-27-9-8-25(16)21)19(26)17-6-4-5-7-18(17)22/h4-7,16H,8-15H2,1-3H3. The van der Waals surface area contributed by atoms with Crippen molar-refractivity contribution in [3.63, 3.8) is 0 Å². The van der Waals surface area contributed by atoms with Crippen LogP contribution in [0, 0.1) is 11.2 Å². The first-order valence-electron chi connectivity index (χ1n) is 9.88. The van der Waals surface area contributed by atoms with E-state index in [1.807, 2.05) is 4.90 Å². The molecule has 4 rings (SSSR count). The molecule has 3 saturated heterocycles. The second-order valence-corrected chi connectivity index (χ2v) is 9.52. The van der Waals surface area contributed by atoms with Gasteiger partial charge in [-0.15, -0.1) is 0 Å². The van der Waals surface area contributed by atoms with Crippen LogP contribution in [-0.2, 0) is 4.74 Å². The molecular weight excluding hydrogens is 345 g/mol. The summed E-state index contributed by atoms with van der Waals surface area (Å²) >= 11 is 0. The number of hydrogen-bond acceptors (Lipinski definition) is 4. The third-order valence-corrected chi connectivity index (χ3v) is 5.88. The Morgan fingerprint density at radius 2 is 2.00 bits per heavy atom. The molecular formula is C21H30FN3O2. The summed E-state index contributed by atoms with van der Waals surface area (Å²) in [5.41, 5.74) is 0.395. The summed E-state index contributed by atoms with van der Waals surface area (Å²) in [5.74, 6) is -0.645. The number of rotatable bonds is 2. The van der Waals surface area contributed by atoms with E-state index < -0.39 is 5.82 Å². The van der Waals surface area contributed by atoms with Crippen LogP contribution in [0.4, 0.5) is 4.39 Å². The molecule has 27 heavy (non-hydrogen) atoms. The van der Waals surface area contributed by atoms with E-state index in [9.17, 15) is 9.18 Å². The molecule has 148 valence electrons. The van der Waals surface area contributed by atoms with E-state index in [0.717, 1.165) is 32.8 Å². The van der Waals surface area contributed by atoms with E-state index in [2.05, 4.69) is 30.6 Å². The first kappa shape index (κ1) is 18.8. The molecule has 1 aromatic carbocycles. The summed E-state index contributed by atoms with van der Waals surface area (Å²) in [4.78, 5) is 19.9. The van der Waals surface area contributed by atoms with Crippen molar-refractivity contribution in [3.8, 4) is 0 Å². The Kier molecular flexibility index (Phi) is 4.77. The number of carbonyl (C=O) groups excluding carboxylic acids is 1. The van der Waals surface area contributed by atoms with Crippen LogP contribution in [0.25, 0.3) is 0 Å². The fourth-order valence-electron chi connectivity index (χ4n) is 5.01. The number of piperazine rings is 1. The zero-order valence-electron chi connectivity index (χ0n) is 16.6. The van der Waals surface area contributed by atoms with Crippen molar-refractivity contribution in [1.82, 2.24) is 14.7 Å². The lowest BCUT2D eigenvalue weighted by Gasteiger charge is -2.64. The van der Waals surface area contributed by atoms with Crippen LogP contribution in [0.2, 0.25) is 0 Å². The molecule has 6 heteroatoms. The highest BCUT2D eigenvalue weighted by Crippen LogP contribution is 2.37. The number of morpholine rings is 1. The molecule has 0 aromatic heterocycles. The molecule has 1 unspecified atom stereocenters. The third kappa shape index (κ3) is 3.62. The van der Waals surface area contributed by atoms with Gasteiger partial charge < -0.3 is 9.64 Å². The monoisotopic (exact) mass is 375 g/mol. The van der Waals surface area contributed by atoms with Crippen LogP contribution >= 0.6 is 0 Å². The zero-order valence-corrected chi connectivity index (χ0v) is 16.6. The second-order valence-electron chi connectivity index (χ2n) is 9.52. The van der Waals surface area contributed by atoms with E-state index in [4.69, 9.17) is 4.74 Å². The minimum Gasteiger partial charge on any atom is -0.378 e. The molecule has 3 aliphatic heterocycles. The largest absolute Gasteiger partial charge is 0.378 e. The van der Waals surface area contributed by atoms with Crippen LogP contribution < -0.4 is 0 Å². The van der Waals surface area contributed by atoms with Crippen molar-refractivity contribution < 1.29 is 13.9 Å². The van der Waals surface area contributed by atoms with Gasteiger partial charge in [0.1, 0.15) is 5.82 Å². The minimum absolute atomic E-state index is 0.0289. The van der Waals surface area contributed by atoms with Crippen molar-refractivity contribution in [2.45, 2.75) is 32.4 Å². The highest BCUT2D eigenvalue weighted by atomic mass is 19.1. The highest BCUT2D eigenvalue weighted by molar-refractivity contribution is 5.94. The lowest BCUT2D eigenvalue weighted by atomic mass is 9.80. The molecule has 1 amide bonds. The predicted octanol–water partition coefficient (Wildman–Crippen LogP) is 2.08. The lowest BCUT2D eigenvalue weighted by Crippen LogP contribution is -2.81. The van der Waals surface area contributed by atoms with Crippen LogP contribution in [0.15, 0.2) is 24.3 Å². The Labute approximate surface area is 161 Å². The Bertz CT molecular complexity index is 712. The first-order valence-corrected chi connectivity index (χ1v) is 9.88. The fraction of sp³-hybridized carbons (Fsp3) is 0.667. The third-order valence-electron chi connectivity index (χ3n) is 5.88. The molecule has 3 heterocycles. The van der Waals surface area contributed by atoms with Gasteiger partial charge in [0, 0.05) is 39.3 Å². The van der Waals surface area contributed by atoms with E-state index in [1.165, 1.54) is 6.07 Å². The number of fused-ring (bicyclic) bond motifs is 2. The van der Waals surface area contributed by atoms with Gasteiger partial charge in [0.05, 0.1) is 30.4 Å². The van der Waals surface area contributed by atoms with Gasteiger partial charge in [0.25, 0.3) is 5.91 Å². The highest BCUT2D eigenvalue weighted by Gasteiger charge is 2.55. The average molecular weight is 375 g/mol. The second kappa shape index (κ2) is 6.83. The number of nitrogens with zero attached hydrogens (tertiary/aromatic N) is 3. The lowest BCUT2D eigenvalue weighted by molar-refractivity contribution is -0.162. The van der Waals surface area contributed by atoms with E-state index in [1.54, 1.807) is 18.2 Å². The Hall–Kier alpha value is -1.50. The van der Waals surface area contributed by atoms with Gasteiger partial charge in [-0.25, -0.2) is 4.39 Å². The Morgan fingerprint density at radius 1 is 1.26 bits per heavy atom. The molecule has 0 aliphatic carbocycles. The molecule has 1 aromatic rings. The van der Waals surface area contributed by atoms with Gasteiger partial charge in [-0.2, -0.15) is 0 Å². The zero-order chi connectivity index (χ0) is 19.2. The normalized spacial score (nSPS) is 25.9. The van der Waals surface area contributed by atoms with Gasteiger partial charge in [0.2, 0.25) is 0 Å². The smallest absolute Gasteiger partial charge is 0.256 e. The summed E-state index contributed by atoms with van der Waals surface area (Å²) < 4.78 is 19.9. The summed E-state index contributed by atoms with van der Waals surface area (Å²) in [6, 6.07) is 6.48. The maximum absolute atomic E-state index is 14.2. The van der Waals surface area contributed by atoms with Gasteiger partial charge in [-0.1, -0.05) is 32.9 Å². The number of halogens is 1. The van der Waals surface area contributed by atoms with Crippen LogP contribution in [-0.4, -0.2) is 84.7 Å². The number of carbonyl (C=O) groups is 1.